The van der Waals surface area contributed by atoms with Crippen molar-refractivity contribution in [3.8, 4) is 5.75 Å². The highest BCUT2D eigenvalue weighted by atomic mass is 16.5. The van der Waals surface area contributed by atoms with Crippen LogP contribution in [-0.2, 0) is 11.2 Å². The third-order valence-corrected chi connectivity index (χ3v) is 3.37. The van der Waals surface area contributed by atoms with Gasteiger partial charge in [0.15, 0.2) is 0 Å². The molecule has 0 saturated carbocycles. The van der Waals surface area contributed by atoms with Gasteiger partial charge in [0.25, 0.3) is 0 Å². The summed E-state index contributed by atoms with van der Waals surface area (Å²) in [6.07, 6.45) is 7.03. The highest BCUT2D eigenvalue weighted by Gasteiger charge is 2.15. The number of methoxy groups -OCH3 is 1. The van der Waals surface area contributed by atoms with Gasteiger partial charge in [-0.2, -0.15) is 0 Å². The molecule has 0 aliphatic heterocycles. The van der Waals surface area contributed by atoms with Gasteiger partial charge in [0.1, 0.15) is 11.3 Å². The molecule has 20 heavy (non-hydrogen) atoms. The van der Waals surface area contributed by atoms with Crippen LogP contribution in [0.3, 0.4) is 0 Å². The quantitative estimate of drug-likeness (QED) is 0.539. The Balaban J connectivity index is 2.44. The first-order valence-electron chi connectivity index (χ1n) is 7.20. The molecule has 0 amide bonds. The van der Waals surface area contributed by atoms with Crippen LogP contribution in [-0.4, -0.2) is 29.9 Å². The van der Waals surface area contributed by atoms with Crippen LogP contribution < -0.4 is 0 Å². The molecule has 0 saturated heterocycles. The van der Waals surface area contributed by atoms with Crippen molar-refractivity contribution in [3.05, 3.63) is 29.3 Å². The summed E-state index contributed by atoms with van der Waals surface area (Å²) in [6.45, 7) is 0.270. The molecule has 2 N–H and O–H groups in total. The molecule has 0 atom stereocenters. The van der Waals surface area contributed by atoms with Gasteiger partial charge in [0.05, 0.1) is 7.11 Å². The maximum atomic E-state index is 11.7. The first kappa shape index (κ1) is 16.5. The second-order valence-electron chi connectivity index (χ2n) is 4.90. The number of ether oxygens (including phenoxy) is 1. The lowest BCUT2D eigenvalue weighted by molar-refractivity contribution is 0.0596. The Labute approximate surface area is 120 Å². The molecular weight excluding hydrogens is 256 g/mol. The lowest BCUT2D eigenvalue weighted by Crippen LogP contribution is -2.06. The molecule has 0 heterocycles. The van der Waals surface area contributed by atoms with Crippen LogP contribution in [0.2, 0.25) is 0 Å². The molecule has 0 unspecified atom stereocenters. The number of phenolic OH excluding ortho intramolecular Hbond substituents is 1. The number of carbonyl (C=O) groups is 1. The number of aliphatic hydroxyl groups excluding tert-OH is 1. The fourth-order valence-electron chi connectivity index (χ4n) is 2.27. The van der Waals surface area contributed by atoms with Gasteiger partial charge in [0.2, 0.25) is 0 Å². The number of esters is 1. The van der Waals surface area contributed by atoms with E-state index in [0.29, 0.717) is 0 Å². The Morgan fingerprint density at radius 1 is 1.10 bits per heavy atom. The number of hydrogen-bond donors (Lipinski definition) is 2. The van der Waals surface area contributed by atoms with Crippen LogP contribution in [0.1, 0.15) is 54.4 Å². The van der Waals surface area contributed by atoms with Crippen LogP contribution in [0, 0.1) is 0 Å². The average molecular weight is 280 g/mol. The second-order valence-corrected chi connectivity index (χ2v) is 4.90. The molecule has 1 rings (SSSR count). The van der Waals surface area contributed by atoms with Crippen LogP contribution in [0.25, 0.3) is 0 Å². The number of aliphatic hydroxyl groups is 1. The van der Waals surface area contributed by atoms with Gasteiger partial charge in [-0.05, 0) is 30.9 Å². The lowest BCUT2D eigenvalue weighted by atomic mass is 9.99. The third-order valence-electron chi connectivity index (χ3n) is 3.37. The maximum absolute atomic E-state index is 11.7. The van der Waals surface area contributed by atoms with E-state index in [9.17, 15) is 9.90 Å². The van der Waals surface area contributed by atoms with E-state index in [2.05, 4.69) is 0 Å². The van der Waals surface area contributed by atoms with E-state index in [1.54, 1.807) is 6.07 Å². The van der Waals surface area contributed by atoms with Gasteiger partial charge in [-0.15, -0.1) is 0 Å². The SMILES string of the molecule is COC(=O)c1c(O)cccc1CCCCCCCCO. The monoisotopic (exact) mass is 280 g/mol. The minimum absolute atomic E-state index is 0.0164. The fourth-order valence-corrected chi connectivity index (χ4v) is 2.27. The number of hydrogen-bond acceptors (Lipinski definition) is 4. The summed E-state index contributed by atoms with van der Waals surface area (Å²) in [5.41, 5.74) is 1.13. The van der Waals surface area contributed by atoms with E-state index in [1.807, 2.05) is 6.07 Å². The molecule has 1 aromatic carbocycles. The Morgan fingerprint density at radius 2 is 1.75 bits per heavy atom. The van der Waals surface area contributed by atoms with Crippen LogP contribution in [0.4, 0.5) is 0 Å². The predicted octanol–water partition coefficient (Wildman–Crippen LogP) is 3.05. The van der Waals surface area contributed by atoms with E-state index in [-0.39, 0.29) is 17.9 Å². The first-order valence-corrected chi connectivity index (χ1v) is 7.20. The number of unbranched alkanes of at least 4 members (excludes halogenated alkanes) is 5. The average Bonchev–Trinajstić information content (AvgIpc) is 2.45. The number of rotatable bonds is 9. The van der Waals surface area contributed by atoms with Crippen molar-refractivity contribution >= 4 is 5.97 Å². The van der Waals surface area contributed by atoms with Crippen molar-refractivity contribution in [2.24, 2.45) is 0 Å². The zero-order valence-corrected chi connectivity index (χ0v) is 12.1. The van der Waals surface area contributed by atoms with Crippen molar-refractivity contribution in [1.82, 2.24) is 0 Å². The van der Waals surface area contributed by atoms with Crippen LogP contribution in [0.5, 0.6) is 5.75 Å². The molecule has 0 aliphatic rings. The number of phenols is 1. The fraction of sp³-hybridized carbons (Fsp3) is 0.562. The first-order chi connectivity index (χ1) is 9.70. The van der Waals surface area contributed by atoms with Crippen molar-refractivity contribution < 1.29 is 19.7 Å². The van der Waals surface area contributed by atoms with E-state index in [4.69, 9.17) is 9.84 Å². The Hall–Kier alpha value is -1.55. The van der Waals surface area contributed by atoms with Crippen molar-refractivity contribution in [3.63, 3.8) is 0 Å². The third kappa shape index (κ3) is 5.21. The topological polar surface area (TPSA) is 66.8 Å². The van der Waals surface area contributed by atoms with Gasteiger partial charge >= 0.3 is 5.97 Å². The summed E-state index contributed by atoms with van der Waals surface area (Å²) in [4.78, 5) is 11.7. The summed E-state index contributed by atoms with van der Waals surface area (Å²) < 4.78 is 4.71. The smallest absolute Gasteiger partial charge is 0.341 e. The minimum Gasteiger partial charge on any atom is -0.507 e. The highest BCUT2D eigenvalue weighted by molar-refractivity contribution is 5.94. The Bertz CT molecular complexity index is 415. The van der Waals surface area contributed by atoms with Crippen molar-refractivity contribution in [2.45, 2.75) is 44.9 Å². The van der Waals surface area contributed by atoms with Crippen molar-refractivity contribution in [1.29, 1.82) is 0 Å². The number of aryl methyl sites for hydroxylation is 1. The summed E-state index contributed by atoms with van der Waals surface area (Å²) in [5, 5.41) is 18.5. The normalized spacial score (nSPS) is 10.5. The molecule has 4 nitrogen and oxygen atoms in total. The number of aromatic hydroxyl groups is 1. The highest BCUT2D eigenvalue weighted by Crippen LogP contribution is 2.23. The maximum Gasteiger partial charge on any atom is 0.341 e. The molecule has 0 radical (unpaired) electrons. The molecule has 4 heteroatoms. The van der Waals surface area contributed by atoms with E-state index < -0.39 is 5.97 Å². The molecular formula is C16H24O4. The molecule has 0 aromatic heterocycles. The van der Waals surface area contributed by atoms with E-state index >= 15 is 0 Å². The van der Waals surface area contributed by atoms with Crippen LogP contribution >= 0.6 is 0 Å². The van der Waals surface area contributed by atoms with Gasteiger partial charge < -0.3 is 14.9 Å². The molecule has 1 aromatic rings. The molecule has 0 bridgehead atoms. The number of carbonyl (C=O) groups excluding carboxylic acids is 1. The van der Waals surface area contributed by atoms with Gasteiger partial charge in [-0.25, -0.2) is 4.79 Å². The zero-order valence-electron chi connectivity index (χ0n) is 12.1. The summed E-state index contributed by atoms with van der Waals surface area (Å²) in [6, 6.07) is 5.11. The molecule has 0 spiro atoms. The van der Waals surface area contributed by atoms with Gasteiger partial charge in [-0.1, -0.05) is 37.8 Å². The minimum atomic E-state index is -0.485. The standard InChI is InChI=1S/C16H24O4/c1-20-16(19)15-13(10-8-11-14(15)18)9-6-4-2-3-5-7-12-17/h8,10-11,17-18H,2-7,9,12H2,1H3. The van der Waals surface area contributed by atoms with E-state index in [0.717, 1.165) is 50.5 Å². The van der Waals surface area contributed by atoms with Gasteiger partial charge in [0, 0.05) is 6.61 Å². The molecule has 0 aliphatic carbocycles. The zero-order chi connectivity index (χ0) is 14.8. The summed E-state index contributed by atoms with van der Waals surface area (Å²) in [5.74, 6) is -0.502. The lowest BCUT2D eigenvalue weighted by Gasteiger charge is -2.09. The Morgan fingerprint density at radius 3 is 2.40 bits per heavy atom. The summed E-state index contributed by atoms with van der Waals surface area (Å²) in [7, 11) is 1.32. The van der Waals surface area contributed by atoms with Crippen LogP contribution in [0.15, 0.2) is 18.2 Å². The predicted molar refractivity (Wildman–Crippen MR) is 77.9 cm³/mol. The Kier molecular flexibility index (Phi) is 7.73. The van der Waals surface area contributed by atoms with Gasteiger partial charge in [-0.3, -0.25) is 0 Å². The second kappa shape index (κ2) is 9.37. The largest absolute Gasteiger partial charge is 0.507 e. The molecule has 112 valence electrons. The molecule has 0 fully saturated rings. The number of benzene rings is 1. The summed E-state index contributed by atoms with van der Waals surface area (Å²) >= 11 is 0. The van der Waals surface area contributed by atoms with E-state index in [1.165, 1.54) is 13.2 Å². The van der Waals surface area contributed by atoms with Crippen molar-refractivity contribution in [2.75, 3.05) is 13.7 Å².